The number of carbonyl (C=O) groups is 2. The number of ether oxygens (including phenoxy) is 1. The van der Waals surface area contributed by atoms with Gasteiger partial charge in [0.2, 0.25) is 0 Å². The van der Waals surface area contributed by atoms with Crippen molar-refractivity contribution in [1.82, 2.24) is 5.43 Å². The molecule has 3 rings (SSSR count). The SMILES string of the molecule is O=C(NN=Cc1ccc(OC(=O)c2ccc(Br)cc2)cc1)c1ccc(Cl)cc1. The molecule has 0 bridgehead atoms. The Labute approximate surface area is 175 Å². The van der Waals surface area contributed by atoms with Crippen molar-refractivity contribution in [2.24, 2.45) is 5.10 Å². The Morgan fingerprint density at radius 2 is 1.50 bits per heavy atom. The molecule has 0 aliphatic rings. The molecule has 0 atom stereocenters. The number of esters is 1. The third-order valence-electron chi connectivity index (χ3n) is 3.66. The Balaban J connectivity index is 1.55. The summed E-state index contributed by atoms with van der Waals surface area (Å²) in [6.45, 7) is 0. The second-order valence-corrected chi connectivity index (χ2v) is 7.02. The lowest BCUT2D eigenvalue weighted by atomic mass is 10.2. The van der Waals surface area contributed by atoms with Crippen LogP contribution < -0.4 is 10.2 Å². The van der Waals surface area contributed by atoms with Gasteiger partial charge >= 0.3 is 5.97 Å². The van der Waals surface area contributed by atoms with E-state index < -0.39 is 5.97 Å². The van der Waals surface area contributed by atoms with Crippen LogP contribution in [-0.2, 0) is 0 Å². The minimum Gasteiger partial charge on any atom is -0.423 e. The van der Waals surface area contributed by atoms with Gasteiger partial charge < -0.3 is 4.74 Å². The zero-order valence-corrected chi connectivity index (χ0v) is 16.8. The summed E-state index contributed by atoms with van der Waals surface area (Å²) in [5.41, 5.74) is 4.09. The van der Waals surface area contributed by atoms with Gasteiger partial charge in [0, 0.05) is 15.1 Å². The molecule has 0 fully saturated rings. The van der Waals surface area contributed by atoms with Gasteiger partial charge in [-0.05, 0) is 78.4 Å². The maximum absolute atomic E-state index is 12.1. The molecule has 0 aliphatic heterocycles. The molecule has 0 aromatic heterocycles. The topological polar surface area (TPSA) is 67.8 Å². The van der Waals surface area contributed by atoms with Gasteiger partial charge in [0.05, 0.1) is 11.8 Å². The zero-order valence-electron chi connectivity index (χ0n) is 14.4. The lowest BCUT2D eigenvalue weighted by Crippen LogP contribution is -2.17. The number of nitrogens with zero attached hydrogens (tertiary/aromatic N) is 1. The Kier molecular flexibility index (Phi) is 6.57. The van der Waals surface area contributed by atoms with Crippen LogP contribution in [0.1, 0.15) is 26.3 Å². The zero-order chi connectivity index (χ0) is 19.9. The molecule has 1 amide bonds. The van der Waals surface area contributed by atoms with Gasteiger partial charge in [-0.3, -0.25) is 4.79 Å². The molecule has 0 radical (unpaired) electrons. The van der Waals surface area contributed by atoms with Crippen LogP contribution in [0, 0.1) is 0 Å². The Bertz CT molecular complexity index is 1000. The van der Waals surface area contributed by atoms with Crippen LogP contribution in [0.3, 0.4) is 0 Å². The highest BCUT2D eigenvalue weighted by Gasteiger charge is 2.08. The maximum atomic E-state index is 12.1. The Morgan fingerprint density at radius 3 is 2.14 bits per heavy atom. The van der Waals surface area contributed by atoms with Crippen LogP contribution in [0.4, 0.5) is 0 Å². The summed E-state index contributed by atoms with van der Waals surface area (Å²) in [6, 6.07) is 20.1. The summed E-state index contributed by atoms with van der Waals surface area (Å²) in [5, 5.41) is 4.47. The van der Waals surface area contributed by atoms with E-state index in [2.05, 4.69) is 26.5 Å². The summed E-state index contributed by atoms with van der Waals surface area (Å²) < 4.78 is 6.21. The fourth-order valence-electron chi connectivity index (χ4n) is 2.21. The van der Waals surface area contributed by atoms with Crippen molar-refractivity contribution in [2.45, 2.75) is 0 Å². The van der Waals surface area contributed by atoms with Crippen LogP contribution in [0.25, 0.3) is 0 Å². The summed E-state index contributed by atoms with van der Waals surface area (Å²) in [5.74, 6) is -0.368. The fraction of sp³-hybridized carbons (Fsp3) is 0. The number of nitrogens with one attached hydrogen (secondary N) is 1. The van der Waals surface area contributed by atoms with E-state index in [1.807, 2.05) is 0 Å². The highest BCUT2D eigenvalue weighted by molar-refractivity contribution is 9.10. The quantitative estimate of drug-likeness (QED) is 0.251. The van der Waals surface area contributed by atoms with Crippen molar-refractivity contribution in [3.63, 3.8) is 0 Å². The third kappa shape index (κ3) is 5.52. The van der Waals surface area contributed by atoms with Gasteiger partial charge in [0.1, 0.15) is 5.75 Å². The van der Waals surface area contributed by atoms with E-state index in [4.69, 9.17) is 16.3 Å². The molecule has 1 N–H and O–H groups in total. The predicted octanol–water partition coefficient (Wildman–Crippen LogP) is 5.09. The number of halogens is 2. The average molecular weight is 458 g/mol. The summed E-state index contributed by atoms with van der Waals surface area (Å²) >= 11 is 9.11. The molecule has 0 spiro atoms. The van der Waals surface area contributed by atoms with Gasteiger partial charge in [-0.15, -0.1) is 0 Å². The number of carbonyl (C=O) groups excluding carboxylic acids is 2. The molecule has 0 saturated carbocycles. The second-order valence-electron chi connectivity index (χ2n) is 5.67. The number of amides is 1. The normalized spacial score (nSPS) is 10.6. The summed E-state index contributed by atoms with van der Waals surface area (Å²) in [7, 11) is 0. The molecule has 0 saturated heterocycles. The van der Waals surface area contributed by atoms with Crippen molar-refractivity contribution in [3.8, 4) is 5.75 Å². The van der Waals surface area contributed by atoms with Crippen LogP contribution >= 0.6 is 27.5 Å². The van der Waals surface area contributed by atoms with E-state index in [1.165, 1.54) is 6.21 Å². The number of rotatable bonds is 5. The van der Waals surface area contributed by atoms with Crippen molar-refractivity contribution in [1.29, 1.82) is 0 Å². The van der Waals surface area contributed by atoms with Gasteiger partial charge in [0.25, 0.3) is 5.91 Å². The van der Waals surface area contributed by atoms with E-state index >= 15 is 0 Å². The minimum absolute atomic E-state index is 0.340. The fourth-order valence-corrected chi connectivity index (χ4v) is 2.60. The van der Waals surface area contributed by atoms with Crippen LogP contribution in [0.2, 0.25) is 5.02 Å². The number of benzene rings is 3. The van der Waals surface area contributed by atoms with Gasteiger partial charge in [-0.1, -0.05) is 27.5 Å². The first-order valence-electron chi connectivity index (χ1n) is 8.18. The molecule has 5 nitrogen and oxygen atoms in total. The molecular formula is C21H14BrClN2O3. The molecule has 28 heavy (non-hydrogen) atoms. The van der Waals surface area contributed by atoms with Crippen molar-refractivity contribution >= 4 is 45.6 Å². The predicted molar refractivity (Wildman–Crippen MR) is 112 cm³/mol. The second kappa shape index (κ2) is 9.30. The highest BCUT2D eigenvalue weighted by atomic mass is 79.9. The largest absolute Gasteiger partial charge is 0.423 e. The van der Waals surface area contributed by atoms with Gasteiger partial charge in [0.15, 0.2) is 0 Å². The smallest absolute Gasteiger partial charge is 0.343 e. The van der Waals surface area contributed by atoms with E-state index in [-0.39, 0.29) is 5.91 Å². The lowest BCUT2D eigenvalue weighted by Gasteiger charge is -2.05. The molecule has 7 heteroatoms. The van der Waals surface area contributed by atoms with Gasteiger partial charge in [-0.25, -0.2) is 10.2 Å². The molecular weight excluding hydrogens is 444 g/mol. The van der Waals surface area contributed by atoms with E-state index in [0.717, 1.165) is 10.0 Å². The van der Waals surface area contributed by atoms with Crippen molar-refractivity contribution < 1.29 is 14.3 Å². The molecule has 0 heterocycles. The van der Waals surface area contributed by atoms with Gasteiger partial charge in [-0.2, -0.15) is 5.10 Å². The highest BCUT2D eigenvalue weighted by Crippen LogP contribution is 2.16. The first-order chi connectivity index (χ1) is 13.5. The standard InChI is InChI=1S/C21H14BrClN2O3/c22-17-7-3-16(4-8-17)21(27)28-19-11-1-14(2-12-19)13-24-25-20(26)15-5-9-18(23)10-6-15/h1-13H,(H,25,26). The van der Waals surface area contributed by atoms with E-state index in [0.29, 0.717) is 21.9 Å². The maximum Gasteiger partial charge on any atom is 0.343 e. The summed E-state index contributed by atoms with van der Waals surface area (Å²) in [6.07, 6.45) is 1.49. The van der Waals surface area contributed by atoms with Crippen LogP contribution in [0.5, 0.6) is 5.75 Å². The minimum atomic E-state index is -0.441. The number of hydrazone groups is 1. The molecule has 3 aromatic carbocycles. The third-order valence-corrected chi connectivity index (χ3v) is 4.44. The molecule has 140 valence electrons. The number of hydrogen-bond acceptors (Lipinski definition) is 4. The Hall–Kier alpha value is -2.96. The molecule has 3 aromatic rings. The average Bonchev–Trinajstić information content (AvgIpc) is 2.70. The van der Waals surface area contributed by atoms with Crippen molar-refractivity contribution in [2.75, 3.05) is 0 Å². The molecule has 0 aliphatic carbocycles. The first-order valence-corrected chi connectivity index (χ1v) is 9.35. The lowest BCUT2D eigenvalue weighted by molar-refractivity contribution is 0.0734. The number of hydrogen-bond donors (Lipinski definition) is 1. The van der Waals surface area contributed by atoms with Crippen LogP contribution in [-0.4, -0.2) is 18.1 Å². The molecule has 0 unspecified atom stereocenters. The summed E-state index contributed by atoms with van der Waals surface area (Å²) in [4.78, 5) is 24.0. The van der Waals surface area contributed by atoms with Crippen molar-refractivity contribution in [3.05, 3.63) is 99.0 Å². The van der Waals surface area contributed by atoms with E-state index in [1.54, 1.807) is 72.8 Å². The van der Waals surface area contributed by atoms with Crippen LogP contribution in [0.15, 0.2) is 82.4 Å². The Morgan fingerprint density at radius 1 is 0.893 bits per heavy atom. The van der Waals surface area contributed by atoms with E-state index in [9.17, 15) is 9.59 Å². The monoisotopic (exact) mass is 456 g/mol. The first kappa shape index (κ1) is 19.8.